The summed E-state index contributed by atoms with van der Waals surface area (Å²) < 4.78 is 0. The smallest absolute Gasteiger partial charge is 0.236 e. The molecule has 2 aliphatic heterocycles. The van der Waals surface area contributed by atoms with Crippen molar-refractivity contribution in [2.45, 2.75) is 83.0 Å². The molecule has 4 nitrogen and oxygen atoms in total. The first-order valence-electron chi connectivity index (χ1n) is 8.37. The molecule has 2 N–H and O–H groups in total. The Morgan fingerprint density at radius 2 is 1.95 bits per heavy atom. The van der Waals surface area contributed by atoms with Gasteiger partial charge in [0.25, 0.3) is 0 Å². The van der Waals surface area contributed by atoms with Crippen molar-refractivity contribution in [1.82, 2.24) is 15.5 Å². The highest BCUT2D eigenvalue weighted by atomic mass is 16.2. The van der Waals surface area contributed by atoms with E-state index in [-0.39, 0.29) is 11.9 Å². The molecule has 2 heterocycles. The van der Waals surface area contributed by atoms with Gasteiger partial charge in [-0.3, -0.25) is 4.79 Å². The highest BCUT2D eigenvalue weighted by molar-refractivity contribution is 5.81. The Hall–Kier alpha value is -0.610. The van der Waals surface area contributed by atoms with E-state index in [1.54, 1.807) is 0 Å². The summed E-state index contributed by atoms with van der Waals surface area (Å²) in [5.41, 5.74) is 0. The fourth-order valence-corrected chi connectivity index (χ4v) is 3.72. The number of hydrogen-bond donors (Lipinski definition) is 2. The predicted molar refractivity (Wildman–Crippen MR) is 82.7 cm³/mol. The Labute approximate surface area is 123 Å². The average Bonchev–Trinajstić information content (AvgIpc) is 2.40. The van der Waals surface area contributed by atoms with E-state index >= 15 is 0 Å². The Kier molecular flexibility index (Phi) is 5.85. The van der Waals surface area contributed by atoms with E-state index in [1.807, 2.05) is 6.92 Å². The molecule has 3 atom stereocenters. The quantitative estimate of drug-likeness (QED) is 0.731. The Balaban J connectivity index is 1.77. The number of unbranched alkanes of at least 4 members (excludes halogenated alkanes) is 1. The van der Waals surface area contributed by atoms with Gasteiger partial charge in [0.15, 0.2) is 0 Å². The molecule has 0 spiro atoms. The molecule has 0 radical (unpaired) electrons. The molecular weight excluding hydrogens is 250 g/mol. The zero-order valence-corrected chi connectivity index (χ0v) is 13.3. The molecule has 2 rings (SSSR count). The van der Waals surface area contributed by atoms with E-state index in [2.05, 4.69) is 29.5 Å². The third kappa shape index (κ3) is 3.95. The number of nitrogens with one attached hydrogen (secondary N) is 2. The normalized spacial score (nSPS) is 31.9. The number of rotatable bonds is 6. The second kappa shape index (κ2) is 7.41. The molecule has 0 aromatic carbocycles. The van der Waals surface area contributed by atoms with E-state index < -0.39 is 0 Å². The summed E-state index contributed by atoms with van der Waals surface area (Å²) in [6.45, 7) is 4.94. The summed E-state index contributed by atoms with van der Waals surface area (Å²) in [4.78, 5) is 14.6. The number of fused-ring (bicyclic) bond motifs is 2. The van der Waals surface area contributed by atoms with E-state index in [4.69, 9.17) is 0 Å². The number of amides is 1. The van der Waals surface area contributed by atoms with Crippen molar-refractivity contribution in [3.8, 4) is 0 Å². The van der Waals surface area contributed by atoms with Crippen molar-refractivity contribution in [3.63, 3.8) is 0 Å². The van der Waals surface area contributed by atoms with Gasteiger partial charge in [-0.25, -0.2) is 0 Å². The summed E-state index contributed by atoms with van der Waals surface area (Å²) >= 11 is 0. The minimum atomic E-state index is -0.0685. The number of piperidine rings is 2. The molecule has 116 valence electrons. The lowest BCUT2D eigenvalue weighted by Crippen LogP contribution is -2.57. The lowest BCUT2D eigenvalue weighted by molar-refractivity contribution is -0.123. The highest BCUT2D eigenvalue weighted by Crippen LogP contribution is 2.32. The molecule has 0 aliphatic carbocycles. The van der Waals surface area contributed by atoms with Crippen molar-refractivity contribution in [1.29, 1.82) is 0 Å². The van der Waals surface area contributed by atoms with Gasteiger partial charge in [-0.05, 0) is 46.1 Å². The van der Waals surface area contributed by atoms with E-state index in [9.17, 15) is 4.79 Å². The minimum absolute atomic E-state index is 0.0685. The monoisotopic (exact) mass is 281 g/mol. The van der Waals surface area contributed by atoms with Gasteiger partial charge in [-0.1, -0.05) is 19.8 Å². The Morgan fingerprint density at radius 3 is 2.55 bits per heavy atom. The van der Waals surface area contributed by atoms with Crippen LogP contribution in [0.4, 0.5) is 0 Å². The van der Waals surface area contributed by atoms with E-state index in [1.165, 1.54) is 32.1 Å². The maximum Gasteiger partial charge on any atom is 0.236 e. The van der Waals surface area contributed by atoms with Gasteiger partial charge >= 0.3 is 0 Å². The molecule has 0 aromatic rings. The molecule has 2 bridgehead atoms. The zero-order valence-electron chi connectivity index (χ0n) is 13.3. The lowest BCUT2D eigenvalue weighted by Gasteiger charge is -2.47. The van der Waals surface area contributed by atoms with Gasteiger partial charge in [0.1, 0.15) is 0 Å². The lowest BCUT2D eigenvalue weighted by atomic mass is 9.82. The summed E-state index contributed by atoms with van der Waals surface area (Å²) in [7, 11) is 2.27. The Bertz CT molecular complexity index is 307. The molecule has 2 saturated heterocycles. The van der Waals surface area contributed by atoms with Crippen molar-refractivity contribution in [2.24, 2.45) is 0 Å². The van der Waals surface area contributed by atoms with Gasteiger partial charge in [0.05, 0.1) is 6.04 Å². The zero-order chi connectivity index (χ0) is 14.5. The first-order valence-corrected chi connectivity index (χ1v) is 8.37. The summed E-state index contributed by atoms with van der Waals surface area (Å²) in [6, 6.07) is 1.88. The third-order valence-electron chi connectivity index (χ3n) is 5.05. The van der Waals surface area contributed by atoms with Gasteiger partial charge in [0.2, 0.25) is 5.91 Å². The van der Waals surface area contributed by atoms with Crippen LogP contribution in [0.5, 0.6) is 0 Å². The first-order chi connectivity index (χ1) is 9.61. The van der Waals surface area contributed by atoms with E-state index in [0.717, 1.165) is 31.5 Å². The van der Waals surface area contributed by atoms with Crippen LogP contribution in [-0.2, 0) is 4.79 Å². The van der Waals surface area contributed by atoms with Gasteiger partial charge in [-0.15, -0.1) is 0 Å². The Morgan fingerprint density at radius 1 is 1.30 bits per heavy atom. The summed E-state index contributed by atoms with van der Waals surface area (Å²) in [5, 5.41) is 6.58. The average molecular weight is 281 g/mol. The third-order valence-corrected chi connectivity index (χ3v) is 5.05. The van der Waals surface area contributed by atoms with Gasteiger partial charge < -0.3 is 15.5 Å². The number of hydrogen-bond acceptors (Lipinski definition) is 3. The van der Waals surface area contributed by atoms with Crippen molar-refractivity contribution in [3.05, 3.63) is 0 Å². The molecule has 1 amide bonds. The standard InChI is InChI=1S/C16H31N3O/c1-4-5-9-17-16(20)12(2)18-13-10-14-7-6-8-15(11-13)19(14)3/h12-15,18H,4-11H2,1-3H3,(H,17,20). The molecule has 0 saturated carbocycles. The van der Waals surface area contributed by atoms with Gasteiger partial charge in [0, 0.05) is 24.7 Å². The van der Waals surface area contributed by atoms with Crippen molar-refractivity contribution >= 4 is 5.91 Å². The minimum Gasteiger partial charge on any atom is -0.355 e. The van der Waals surface area contributed by atoms with Crippen LogP contribution in [0.25, 0.3) is 0 Å². The fourth-order valence-electron chi connectivity index (χ4n) is 3.72. The number of nitrogens with zero attached hydrogens (tertiary/aromatic N) is 1. The summed E-state index contributed by atoms with van der Waals surface area (Å²) in [5.74, 6) is 0.155. The van der Waals surface area contributed by atoms with Crippen LogP contribution in [0.2, 0.25) is 0 Å². The van der Waals surface area contributed by atoms with Crippen LogP contribution in [0.1, 0.15) is 58.8 Å². The van der Waals surface area contributed by atoms with Crippen LogP contribution < -0.4 is 10.6 Å². The molecule has 4 heteroatoms. The molecular formula is C16H31N3O. The molecule has 0 aromatic heterocycles. The molecule has 2 fully saturated rings. The van der Waals surface area contributed by atoms with Crippen LogP contribution >= 0.6 is 0 Å². The predicted octanol–water partition coefficient (Wildman–Crippen LogP) is 1.90. The van der Waals surface area contributed by atoms with Crippen molar-refractivity contribution in [2.75, 3.05) is 13.6 Å². The SMILES string of the molecule is CCCCNC(=O)C(C)NC1CC2CCCC(C1)N2C. The second-order valence-corrected chi connectivity index (χ2v) is 6.61. The van der Waals surface area contributed by atoms with Crippen LogP contribution in [0.15, 0.2) is 0 Å². The number of carbonyl (C=O) groups excluding carboxylic acids is 1. The largest absolute Gasteiger partial charge is 0.355 e. The van der Waals surface area contributed by atoms with E-state index in [0.29, 0.717) is 6.04 Å². The first kappa shape index (κ1) is 15.8. The van der Waals surface area contributed by atoms with Crippen LogP contribution in [0, 0.1) is 0 Å². The molecule has 20 heavy (non-hydrogen) atoms. The highest BCUT2D eigenvalue weighted by Gasteiger charge is 2.36. The maximum absolute atomic E-state index is 12.0. The van der Waals surface area contributed by atoms with Crippen LogP contribution in [-0.4, -0.2) is 48.6 Å². The van der Waals surface area contributed by atoms with Crippen molar-refractivity contribution < 1.29 is 4.79 Å². The fraction of sp³-hybridized carbons (Fsp3) is 0.938. The molecule has 3 unspecified atom stereocenters. The second-order valence-electron chi connectivity index (χ2n) is 6.61. The number of carbonyl (C=O) groups is 1. The van der Waals surface area contributed by atoms with Crippen LogP contribution in [0.3, 0.4) is 0 Å². The molecule has 2 aliphatic rings. The van der Waals surface area contributed by atoms with Gasteiger partial charge in [-0.2, -0.15) is 0 Å². The summed E-state index contributed by atoms with van der Waals surface area (Å²) in [6.07, 6.45) is 8.60. The topological polar surface area (TPSA) is 44.4 Å². The maximum atomic E-state index is 12.0.